The van der Waals surface area contributed by atoms with E-state index in [0.717, 1.165) is 24.8 Å². The Morgan fingerprint density at radius 1 is 1.10 bits per heavy atom. The van der Waals surface area contributed by atoms with Crippen molar-refractivity contribution in [2.24, 2.45) is 0 Å². The van der Waals surface area contributed by atoms with Gasteiger partial charge in [-0.05, 0) is 71.5 Å². The van der Waals surface area contributed by atoms with E-state index in [1.165, 1.54) is 22.5 Å². The van der Waals surface area contributed by atoms with Crippen molar-refractivity contribution < 1.29 is 19.4 Å². The average molecular weight is 407 g/mol. The number of carbonyl (C=O) groups is 2. The molecule has 0 saturated heterocycles. The highest BCUT2D eigenvalue weighted by Gasteiger charge is 2.28. The Hall–Kier alpha value is -3.12. The zero-order chi connectivity index (χ0) is 20.4. The van der Waals surface area contributed by atoms with Crippen molar-refractivity contribution in [1.29, 1.82) is 0 Å². The van der Waals surface area contributed by atoms with Crippen molar-refractivity contribution >= 4 is 28.2 Å². The summed E-state index contributed by atoms with van der Waals surface area (Å²) in [5.41, 5.74) is 4.07. The van der Waals surface area contributed by atoms with Gasteiger partial charge in [0.25, 0.3) is 5.91 Å². The average Bonchev–Trinajstić information content (AvgIpc) is 3.17. The molecule has 0 bridgehead atoms. The largest absolute Gasteiger partial charge is 0.497 e. The first kappa shape index (κ1) is 19.2. The van der Waals surface area contributed by atoms with Crippen LogP contribution in [-0.2, 0) is 12.8 Å². The van der Waals surface area contributed by atoms with Gasteiger partial charge in [0.2, 0.25) is 0 Å². The molecule has 1 unspecified atom stereocenters. The number of aromatic carboxylic acids is 1. The van der Waals surface area contributed by atoms with Crippen LogP contribution >= 0.6 is 11.3 Å². The number of rotatable bonds is 5. The molecular formula is C23H21NO4S. The number of methoxy groups -OCH3 is 1. The molecule has 0 spiro atoms. The first-order valence-corrected chi connectivity index (χ1v) is 10.3. The molecule has 1 heterocycles. The van der Waals surface area contributed by atoms with Crippen molar-refractivity contribution in [1.82, 2.24) is 0 Å². The molecule has 148 valence electrons. The highest BCUT2D eigenvalue weighted by molar-refractivity contribution is 7.15. The summed E-state index contributed by atoms with van der Waals surface area (Å²) in [5.74, 6) is -0.551. The van der Waals surface area contributed by atoms with Gasteiger partial charge in [-0.2, -0.15) is 0 Å². The summed E-state index contributed by atoms with van der Waals surface area (Å²) in [6.07, 6.45) is 2.65. The molecule has 5 nitrogen and oxygen atoms in total. The number of carboxylic acid groups (broad SMARTS) is 1. The third-order valence-corrected chi connectivity index (χ3v) is 6.31. The van der Waals surface area contributed by atoms with Crippen LogP contribution in [0.4, 0.5) is 5.00 Å². The molecule has 1 aliphatic rings. The van der Waals surface area contributed by atoms with E-state index < -0.39 is 5.97 Å². The zero-order valence-electron chi connectivity index (χ0n) is 16.0. The Morgan fingerprint density at radius 3 is 2.52 bits per heavy atom. The summed E-state index contributed by atoms with van der Waals surface area (Å²) in [6.45, 7) is 0. The standard InChI is InChI=1S/C23H21NO4S/c1-28-18-10-8-15(9-11-18)21(25)24-22-20(23(26)27)19(13-29-22)17-7-6-14-4-2-3-5-16(14)12-17/h2-5,8-11,13,17H,6-7,12H2,1H3,(H,24,25)(H,26,27). The fourth-order valence-electron chi connectivity index (χ4n) is 3.87. The Labute approximate surface area is 173 Å². The summed E-state index contributed by atoms with van der Waals surface area (Å²) < 4.78 is 5.11. The van der Waals surface area contributed by atoms with Crippen LogP contribution in [0.5, 0.6) is 5.75 Å². The van der Waals surface area contributed by atoms with E-state index in [0.29, 0.717) is 16.3 Å². The molecule has 1 amide bonds. The number of hydrogen-bond donors (Lipinski definition) is 2. The van der Waals surface area contributed by atoms with E-state index in [1.54, 1.807) is 31.4 Å². The third kappa shape index (κ3) is 3.89. The van der Waals surface area contributed by atoms with Crippen molar-refractivity contribution in [3.05, 3.63) is 81.7 Å². The molecule has 2 N–H and O–H groups in total. The predicted molar refractivity (Wildman–Crippen MR) is 113 cm³/mol. The van der Waals surface area contributed by atoms with Crippen LogP contribution in [0.3, 0.4) is 0 Å². The highest BCUT2D eigenvalue weighted by atomic mass is 32.1. The number of benzene rings is 2. The monoisotopic (exact) mass is 407 g/mol. The molecule has 1 aliphatic carbocycles. The Kier molecular flexibility index (Phi) is 5.36. The van der Waals surface area contributed by atoms with Crippen LogP contribution in [-0.4, -0.2) is 24.1 Å². The molecule has 0 fully saturated rings. The molecular weight excluding hydrogens is 386 g/mol. The van der Waals surface area contributed by atoms with Gasteiger partial charge >= 0.3 is 5.97 Å². The number of aryl methyl sites for hydroxylation is 1. The maximum absolute atomic E-state index is 12.6. The molecule has 1 aromatic heterocycles. The maximum atomic E-state index is 12.6. The zero-order valence-corrected chi connectivity index (χ0v) is 16.8. The normalized spacial score (nSPS) is 15.4. The van der Waals surface area contributed by atoms with Crippen LogP contribution in [0.2, 0.25) is 0 Å². The quantitative estimate of drug-likeness (QED) is 0.625. The fraction of sp³-hybridized carbons (Fsp3) is 0.217. The number of nitrogens with one attached hydrogen (secondary N) is 1. The first-order valence-electron chi connectivity index (χ1n) is 9.43. The van der Waals surface area contributed by atoms with Gasteiger partial charge in [0, 0.05) is 5.56 Å². The number of amides is 1. The van der Waals surface area contributed by atoms with Crippen LogP contribution in [0.15, 0.2) is 53.9 Å². The van der Waals surface area contributed by atoms with E-state index in [4.69, 9.17) is 4.74 Å². The SMILES string of the molecule is COc1ccc(C(=O)Nc2scc(C3CCc4ccccc4C3)c2C(=O)O)cc1. The Morgan fingerprint density at radius 2 is 1.83 bits per heavy atom. The number of anilines is 1. The number of carbonyl (C=O) groups excluding carboxylic acids is 1. The van der Waals surface area contributed by atoms with Gasteiger partial charge in [-0.1, -0.05) is 24.3 Å². The van der Waals surface area contributed by atoms with E-state index >= 15 is 0 Å². The second-order valence-corrected chi connectivity index (χ2v) is 7.97. The number of ether oxygens (including phenoxy) is 1. The lowest BCUT2D eigenvalue weighted by molar-refractivity contribution is 0.0696. The minimum Gasteiger partial charge on any atom is -0.497 e. The van der Waals surface area contributed by atoms with Gasteiger partial charge in [-0.3, -0.25) is 4.79 Å². The Balaban J connectivity index is 1.58. The second-order valence-electron chi connectivity index (χ2n) is 7.09. The van der Waals surface area contributed by atoms with E-state index in [9.17, 15) is 14.7 Å². The third-order valence-electron chi connectivity index (χ3n) is 5.40. The minimum absolute atomic E-state index is 0.138. The molecule has 0 saturated carbocycles. The smallest absolute Gasteiger partial charge is 0.339 e. The lowest BCUT2D eigenvalue weighted by Crippen LogP contribution is -2.17. The highest BCUT2D eigenvalue weighted by Crippen LogP contribution is 2.39. The molecule has 1 atom stereocenters. The topological polar surface area (TPSA) is 75.6 Å². The molecule has 4 rings (SSSR count). The summed E-state index contributed by atoms with van der Waals surface area (Å²) in [6, 6.07) is 15.0. The van der Waals surface area contributed by atoms with Gasteiger partial charge in [0.1, 0.15) is 10.8 Å². The second kappa shape index (κ2) is 8.09. The number of carboxylic acids is 1. The van der Waals surface area contributed by atoms with E-state index in [-0.39, 0.29) is 17.4 Å². The Bertz CT molecular complexity index is 1050. The van der Waals surface area contributed by atoms with Crippen molar-refractivity contribution in [2.75, 3.05) is 12.4 Å². The van der Waals surface area contributed by atoms with Crippen LogP contribution in [0, 0.1) is 0 Å². The molecule has 3 aromatic rings. The van der Waals surface area contributed by atoms with Crippen molar-refractivity contribution in [2.45, 2.75) is 25.2 Å². The van der Waals surface area contributed by atoms with Crippen molar-refractivity contribution in [3.63, 3.8) is 0 Å². The molecule has 0 aliphatic heterocycles. The van der Waals surface area contributed by atoms with Crippen LogP contribution < -0.4 is 10.1 Å². The summed E-state index contributed by atoms with van der Waals surface area (Å²) >= 11 is 1.27. The summed E-state index contributed by atoms with van der Waals surface area (Å²) in [5, 5.41) is 14.9. The van der Waals surface area contributed by atoms with Crippen LogP contribution in [0.1, 0.15) is 49.7 Å². The van der Waals surface area contributed by atoms with Gasteiger partial charge in [-0.15, -0.1) is 11.3 Å². The van der Waals surface area contributed by atoms with Gasteiger partial charge in [-0.25, -0.2) is 4.79 Å². The lowest BCUT2D eigenvalue weighted by Gasteiger charge is -2.24. The van der Waals surface area contributed by atoms with Crippen molar-refractivity contribution in [3.8, 4) is 5.75 Å². The maximum Gasteiger partial charge on any atom is 0.339 e. The van der Waals surface area contributed by atoms with Gasteiger partial charge < -0.3 is 15.2 Å². The van der Waals surface area contributed by atoms with Gasteiger partial charge in [0.05, 0.1) is 12.7 Å². The van der Waals surface area contributed by atoms with Crippen LogP contribution in [0.25, 0.3) is 0 Å². The summed E-state index contributed by atoms with van der Waals surface area (Å²) in [4.78, 5) is 24.6. The van der Waals surface area contributed by atoms with E-state index in [2.05, 4.69) is 17.4 Å². The number of hydrogen-bond acceptors (Lipinski definition) is 4. The molecule has 6 heteroatoms. The molecule has 0 radical (unpaired) electrons. The minimum atomic E-state index is -1.01. The summed E-state index contributed by atoms with van der Waals surface area (Å²) in [7, 11) is 1.56. The lowest BCUT2D eigenvalue weighted by atomic mass is 9.80. The molecule has 29 heavy (non-hydrogen) atoms. The van der Waals surface area contributed by atoms with Gasteiger partial charge in [0.15, 0.2) is 0 Å². The number of thiophene rings is 1. The predicted octanol–water partition coefficient (Wildman–Crippen LogP) is 4.98. The first-order chi connectivity index (χ1) is 14.1. The van der Waals surface area contributed by atoms with E-state index in [1.807, 2.05) is 17.5 Å². The fourth-order valence-corrected chi connectivity index (χ4v) is 4.89. The molecule has 2 aromatic carbocycles. The number of fused-ring (bicyclic) bond motifs is 1.